The van der Waals surface area contributed by atoms with E-state index in [1.807, 2.05) is 42.5 Å². The Hall–Kier alpha value is -1.20. The second-order valence-electron chi connectivity index (χ2n) is 6.23. The summed E-state index contributed by atoms with van der Waals surface area (Å²) in [7, 11) is 0. The molecule has 0 spiro atoms. The van der Waals surface area contributed by atoms with Crippen molar-refractivity contribution in [3.05, 3.63) is 42.5 Å². The Balaban J connectivity index is 1.80. The van der Waals surface area contributed by atoms with Crippen molar-refractivity contribution in [2.45, 2.75) is 22.5 Å². The van der Waals surface area contributed by atoms with E-state index in [1.54, 1.807) is 0 Å². The lowest BCUT2D eigenvalue weighted by Gasteiger charge is -2.29. The average molecular weight is 437 g/mol. The molecule has 0 aromatic heterocycles. The molecule has 0 N–H and O–H groups in total. The van der Waals surface area contributed by atoms with Crippen molar-refractivity contribution in [1.82, 2.24) is 0 Å². The van der Waals surface area contributed by atoms with Gasteiger partial charge in [0.15, 0.2) is 0 Å². The van der Waals surface area contributed by atoms with Gasteiger partial charge in [0, 0.05) is 15.0 Å². The third-order valence-electron chi connectivity index (χ3n) is 4.92. The van der Waals surface area contributed by atoms with E-state index in [0.29, 0.717) is 18.5 Å². The minimum atomic E-state index is -0.209. The minimum Gasteiger partial charge on any atom is -0.274 e. The van der Waals surface area contributed by atoms with Gasteiger partial charge in [0.1, 0.15) is 0 Å². The van der Waals surface area contributed by atoms with E-state index in [0.717, 1.165) is 10.8 Å². The standard InChI is InChI=1S/C18H15Br2NO2/c19-14-8-12-13(9-15(14)20)18(23)21(17(12)22)16-7-3-5-10-4-1-2-6-11(10)16/h1-7,12-15H,8-9H2/t12-,13-,14-,15+/m1/s1. The highest BCUT2D eigenvalue weighted by Gasteiger charge is 2.52. The van der Waals surface area contributed by atoms with E-state index in [1.165, 1.54) is 4.90 Å². The van der Waals surface area contributed by atoms with E-state index in [9.17, 15) is 9.59 Å². The molecule has 1 saturated heterocycles. The topological polar surface area (TPSA) is 37.4 Å². The van der Waals surface area contributed by atoms with Gasteiger partial charge < -0.3 is 0 Å². The van der Waals surface area contributed by atoms with Gasteiger partial charge in [-0.05, 0) is 24.3 Å². The lowest BCUT2D eigenvalue weighted by atomic mass is 9.81. The molecule has 0 radical (unpaired) electrons. The SMILES string of the molecule is O=C1[C@@H]2C[C@@H](Br)[C@@H](Br)C[C@H]2C(=O)N1c1cccc2ccccc12. The Kier molecular flexibility index (Phi) is 3.81. The molecule has 1 saturated carbocycles. The van der Waals surface area contributed by atoms with Gasteiger partial charge in [-0.3, -0.25) is 9.59 Å². The quantitative estimate of drug-likeness (QED) is 0.494. The summed E-state index contributed by atoms with van der Waals surface area (Å²) in [6, 6.07) is 13.6. The second-order valence-corrected chi connectivity index (χ2v) is 8.58. The molecule has 3 nitrogen and oxygen atoms in total. The molecule has 2 amide bonds. The van der Waals surface area contributed by atoms with Crippen molar-refractivity contribution >= 4 is 60.1 Å². The zero-order valence-electron chi connectivity index (χ0n) is 12.3. The number of nitrogens with zero attached hydrogens (tertiary/aromatic N) is 1. The van der Waals surface area contributed by atoms with Crippen molar-refractivity contribution < 1.29 is 9.59 Å². The van der Waals surface area contributed by atoms with Crippen molar-refractivity contribution in [2.24, 2.45) is 11.8 Å². The first kappa shape index (κ1) is 15.3. The predicted molar refractivity (Wildman–Crippen MR) is 98.1 cm³/mol. The highest BCUT2D eigenvalue weighted by Crippen LogP contribution is 2.45. The maximum absolute atomic E-state index is 12.9. The van der Waals surface area contributed by atoms with Crippen molar-refractivity contribution in [2.75, 3.05) is 4.90 Å². The molecular formula is C18H15Br2NO2. The molecule has 0 unspecified atom stereocenters. The van der Waals surface area contributed by atoms with Crippen LogP contribution >= 0.6 is 31.9 Å². The molecule has 118 valence electrons. The number of halogens is 2. The van der Waals surface area contributed by atoms with Crippen LogP contribution in [0.4, 0.5) is 5.69 Å². The number of imide groups is 1. The van der Waals surface area contributed by atoms with Gasteiger partial charge in [0.05, 0.1) is 17.5 Å². The van der Waals surface area contributed by atoms with Gasteiger partial charge in [-0.1, -0.05) is 68.3 Å². The molecule has 1 aliphatic heterocycles. The first-order valence-corrected chi connectivity index (χ1v) is 9.55. The van der Waals surface area contributed by atoms with Crippen molar-refractivity contribution in [3.8, 4) is 0 Å². The second kappa shape index (κ2) is 5.71. The minimum absolute atomic E-state index is 0.0554. The number of fused-ring (bicyclic) bond motifs is 2. The third kappa shape index (κ3) is 2.36. The van der Waals surface area contributed by atoms with Crippen LogP contribution in [0.5, 0.6) is 0 Å². The van der Waals surface area contributed by atoms with Crippen LogP contribution in [0.2, 0.25) is 0 Å². The largest absolute Gasteiger partial charge is 0.274 e. The maximum Gasteiger partial charge on any atom is 0.237 e. The van der Waals surface area contributed by atoms with Gasteiger partial charge in [0.25, 0.3) is 0 Å². The molecule has 1 aliphatic carbocycles. The number of hydrogen-bond acceptors (Lipinski definition) is 2. The molecule has 4 atom stereocenters. The highest BCUT2D eigenvalue weighted by molar-refractivity contribution is 9.12. The van der Waals surface area contributed by atoms with Crippen molar-refractivity contribution in [3.63, 3.8) is 0 Å². The first-order chi connectivity index (χ1) is 11.1. The first-order valence-electron chi connectivity index (χ1n) is 7.71. The fourth-order valence-electron chi connectivity index (χ4n) is 3.74. The van der Waals surface area contributed by atoms with Crippen LogP contribution in [0.3, 0.4) is 0 Å². The fourth-order valence-corrected chi connectivity index (χ4v) is 4.97. The molecule has 23 heavy (non-hydrogen) atoms. The number of anilines is 1. The molecule has 4 rings (SSSR count). The number of carbonyl (C=O) groups is 2. The van der Waals surface area contributed by atoms with Crippen LogP contribution in [0.25, 0.3) is 10.8 Å². The third-order valence-corrected chi connectivity index (χ3v) is 7.65. The maximum atomic E-state index is 12.9. The van der Waals surface area contributed by atoms with E-state index < -0.39 is 0 Å². The van der Waals surface area contributed by atoms with Crippen LogP contribution in [0.15, 0.2) is 42.5 Å². The van der Waals surface area contributed by atoms with Gasteiger partial charge in [0.2, 0.25) is 11.8 Å². The Morgan fingerprint density at radius 3 is 2.04 bits per heavy atom. The van der Waals surface area contributed by atoms with Crippen LogP contribution < -0.4 is 4.90 Å². The summed E-state index contributed by atoms with van der Waals surface area (Å²) in [5.41, 5.74) is 0.713. The number of amides is 2. The highest BCUT2D eigenvalue weighted by atomic mass is 79.9. The van der Waals surface area contributed by atoms with Crippen LogP contribution in [0.1, 0.15) is 12.8 Å². The summed E-state index contributed by atoms with van der Waals surface area (Å²) in [4.78, 5) is 27.7. The molecule has 2 aromatic rings. The van der Waals surface area contributed by atoms with Crippen LogP contribution in [-0.2, 0) is 9.59 Å². The number of rotatable bonds is 1. The smallest absolute Gasteiger partial charge is 0.237 e. The fraction of sp³-hybridized carbons (Fsp3) is 0.333. The molecular weight excluding hydrogens is 422 g/mol. The summed E-state index contributed by atoms with van der Waals surface area (Å²) in [6.45, 7) is 0. The number of hydrogen-bond donors (Lipinski definition) is 0. The predicted octanol–water partition coefficient (Wildman–Crippen LogP) is 4.27. The zero-order chi connectivity index (χ0) is 16.1. The Morgan fingerprint density at radius 2 is 1.39 bits per heavy atom. The van der Waals surface area contributed by atoms with Crippen molar-refractivity contribution in [1.29, 1.82) is 0 Å². The molecule has 0 bridgehead atoms. The Morgan fingerprint density at radius 1 is 0.826 bits per heavy atom. The lowest BCUT2D eigenvalue weighted by Crippen LogP contribution is -2.34. The van der Waals surface area contributed by atoms with Gasteiger partial charge in [-0.25, -0.2) is 4.90 Å². The van der Waals surface area contributed by atoms with Gasteiger partial charge in [-0.2, -0.15) is 0 Å². The molecule has 2 aromatic carbocycles. The summed E-state index contributed by atoms with van der Waals surface area (Å²) >= 11 is 7.25. The van der Waals surface area contributed by atoms with Crippen LogP contribution in [0, 0.1) is 11.8 Å². The Bertz CT molecular complexity index is 773. The molecule has 2 aliphatic rings. The average Bonchev–Trinajstić information content (AvgIpc) is 2.79. The number of carbonyl (C=O) groups excluding carboxylic acids is 2. The van der Waals surface area contributed by atoms with E-state index in [-0.39, 0.29) is 33.3 Å². The van der Waals surface area contributed by atoms with E-state index in [2.05, 4.69) is 31.9 Å². The lowest BCUT2D eigenvalue weighted by molar-refractivity contribution is -0.122. The summed E-state index contributed by atoms with van der Waals surface area (Å²) in [6.07, 6.45) is 1.40. The Labute approximate surface area is 151 Å². The van der Waals surface area contributed by atoms with E-state index >= 15 is 0 Å². The number of alkyl halides is 2. The zero-order valence-corrected chi connectivity index (χ0v) is 15.5. The van der Waals surface area contributed by atoms with Gasteiger partial charge >= 0.3 is 0 Å². The molecule has 5 heteroatoms. The van der Waals surface area contributed by atoms with Crippen LogP contribution in [-0.4, -0.2) is 21.5 Å². The summed E-state index contributed by atoms with van der Waals surface area (Å²) < 4.78 is 0. The monoisotopic (exact) mass is 435 g/mol. The van der Waals surface area contributed by atoms with E-state index in [4.69, 9.17) is 0 Å². The molecule has 1 heterocycles. The molecule has 2 fully saturated rings. The number of benzene rings is 2. The summed E-state index contributed by atoms with van der Waals surface area (Å²) in [5.74, 6) is -0.528. The van der Waals surface area contributed by atoms with Gasteiger partial charge in [-0.15, -0.1) is 0 Å². The normalized spacial score (nSPS) is 30.8. The summed E-state index contributed by atoms with van der Waals surface area (Å²) in [5, 5.41) is 1.98.